The third kappa shape index (κ3) is 2.26. The number of benzene rings is 1. The minimum absolute atomic E-state index is 0.123. The van der Waals surface area contributed by atoms with Crippen LogP contribution in [0.1, 0.15) is 25.0 Å². The summed E-state index contributed by atoms with van der Waals surface area (Å²) in [5.74, 6) is 0.523. The largest absolute Gasteiger partial charge is 0.507 e. The van der Waals surface area contributed by atoms with E-state index >= 15 is 0 Å². The number of nitrogens with zero attached hydrogens (tertiary/aromatic N) is 3. The van der Waals surface area contributed by atoms with E-state index in [9.17, 15) is 9.90 Å². The Morgan fingerprint density at radius 2 is 2.04 bits per heavy atom. The van der Waals surface area contributed by atoms with Gasteiger partial charge in [0, 0.05) is 21.2 Å². The van der Waals surface area contributed by atoms with Crippen molar-refractivity contribution in [3.05, 3.63) is 29.3 Å². The van der Waals surface area contributed by atoms with Crippen LogP contribution >= 0.6 is 11.3 Å². The van der Waals surface area contributed by atoms with Crippen LogP contribution in [-0.4, -0.2) is 38.9 Å². The summed E-state index contributed by atoms with van der Waals surface area (Å²) in [6.07, 6.45) is 2.23. The average Bonchev–Trinajstić information content (AvgIpc) is 3.07. The van der Waals surface area contributed by atoms with Crippen LogP contribution in [0.2, 0.25) is 0 Å². The molecule has 0 unspecified atom stereocenters. The summed E-state index contributed by atoms with van der Waals surface area (Å²) < 4.78 is 5.90. The first-order valence-corrected chi connectivity index (χ1v) is 9.61. The van der Waals surface area contributed by atoms with Crippen molar-refractivity contribution in [1.82, 2.24) is 15.2 Å². The van der Waals surface area contributed by atoms with Crippen molar-refractivity contribution in [3.8, 4) is 17.0 Å². The van der Waals surface area contributed by atoms with Gasteiger partial charge in [-0.3, -0.25) is 4.79 Å². The summed E-state index contributed by atoms with van der Waals surface area (Å²) in [5, 5.41) is 25.2. The van der Waals surface area contributed by atoms with Crippen molar-refractivity contribution in [1.29, 1.82) is 0 Å². The molecule has 3 aliphatic carbocycles. The standard InChI is InChI=1S/C19H18N4O3S/c1-10-14(12-3-4-13-11(15(12)24)5-6-27-13)22-23-17(20-10)21-19-7-18(8-19,9-19)16(25)26-2/h3-6,24H,7-9H2,1-2H3,(H,20,21,23). The summed E-state index contributed by atoms with van der Waals surface area (Å²) in [4.78, 5) is 16.3. The number of carbonyl (C=O) groups is 1. The second-order valence-electron chi connectivity index (χ2n) is 7.57. The van der Waals surface area contributed by atoms with Gasteiger partial charge in [-0.1, -0.05) is 0 Å². The number of anilines is 1. The van der Waals surface area contributed by atoms with Crippen molar-refractivity contribution >= 4 is 33.3 Å². The topological polar surface area (TPSA) is 97.2 Å². The SMILES string of the molecule is COC(=O)C12CC(Nc3nnc(-c4ccc5sccc5c4O)c(C)n3)(C1)C2. The Hall–Kier alpha value is -2.74. The van der Waals surface area contributed by atoms with Gasteiger partial charge in [-0.05, 0) is 49.8 Å². The molecule has 7 nitrogen and oxygen atoms in total. The first-order valence-electron chi connectivity index (χ1n) is 8.73. The Morgan fingerprint density at radius 1 is 1.26 bits per heavy atom. The van der Waals surface area contributed by atoms with Crippen LogP contribution in [0.15, 0.2) is 23.6 Å². The fourth-order valence-corrected chi connectivity index (χ4v) is 5.31. The molecule has 0 amide bonds. The quantitative estimate of drug-likeness (QED) is 0.668. The first kappa shape index (κ1) is 16.4. The fourth-order valence-electron chi connectivity index (χ4n) is 4.52. The van der Waals surface area contributed by atoms with Gasteiger partial charge in [0.1, 0.15) is 11.4 Å². The predicted octanol–water partition coefficient (Wildman–Crippen LogP) is 3.27. The summed E-state index contributed by atoms with van der Waals surface area (Å²) in [6.45, 7) is 1.85. The number of thiophene rings is 1. The maximum atomic E-state index is 11.8. The van der Waals surface area contributed by atoms with E-state index in [1.54, 1.807) is 11.3 Å². The number of hydrogen-bond donors (Lipinski definition) is 2. The van der Waals surface area contributed by atoms with Crippen molar-refractivity contribution in [2.75, 3.05) is 12.4 Å². The number of methoxy groups -OCH3 is 1. The van der Waals surface area contributed by atoms with E-state index in [0.29, 0.717) is 22.9 Å². The number of aromatic hydroxyl groups is 1. The summed E-state index contributed by atoms with van der Waals surface area (Å²) in [6, 6.07) is 5.71. The zero-order valence-electron chi connectivity index (χ0n) is 14.9. The molecule has 2 heterocycles. The van der Waals surface area contributed by atoms with Gasteiger partial charge in [0.15, 0.2) is 0 Å². The molecule has 2 bridgehead atoms. The van der Waals surface area contributed by atoms with Crippen molar-refractivity contribution < 1.29 is 14.6 Å². The normalized spacial score (nSPS) is 25.6. The van der Waals surface area contributed by atoms with Crippen molar-refractivity contribution in [3.63, 3.8) is 0 Å². The maximum Gasteiger partial charge on any atom is 0.312 e. The number of hydrogen-bond acceptors (Lipinski definition) is 8. The number of nitrogens with one attached hydrogen (secondary N) is 1. The van der Waals surface area contributed by atoms with E-state index in [1.807, 2.05) is 30.5 Å². The number of ether oxygens (including phenoxy) is 1. The van der Waals surface area contributed by atoms with Crippen LogP contribution in [0.3, 0.4) is 0 Å². The second kappa shape index (κ2) is 5.39. The lowest BCUT2D eigenvalue weighted by Crippen LogP contribution is -2.74. The highest BCUT2D eigenvalue weighted by molar-refractivity contribution is 7.17. The molecule has 3 saturated carbocycles. The van der Waals surface area contributed by atoms with Crippen LogP contribution < -0.4 is 5.32 Å². The summed E-state index contributed by atoms with van der Waals surface area (Å²) >= 11 is 1.58. The lowest BCUT2D eigenvalue weighted by atomic mass is 9.39. The Bertz CT molecular complexity index is 1070. The van der Waals surface area contributed by atoms with Crippen LogP contribution in [0, 0.1) is 12.3 Å². The number of esters is 1. The van der Waals surface area contributed by atoms with Crippen molar-refractivity contribution in [2.24, 2.45) is 5.41 Å². The molecule has 138 valence electrons. The summed E-state index contributed by atoms with van der Waals surface area (Å²) in [5.41, 5.74) is 1.44. The molecule has 3 aromatic rings. The predicted molar refractivity (Wildman–Crippen MR) is 102 cm³/mol. The van der Waals surface area contributed by atoms with E-state index in [4.69, 9.17) is 4.74 Å². The molecular weight excluding hydrogens is 364 g/mol. The molecule has 3 aliphatic rings. The number of rotatable bonds is 4. The smallest absolute Gasteiger partial charge is 0.312 e. The van der Waals surface area contributed by atoms with E-state index in [-0.39, 0.29) is 22.7 Å². The third-order valence-corrected chi connectivity index (χ3v) is 6.63. The van der Waals surface area contributed by atoms with Crippen LogP contribution in [0.4, 0.5) is 5.95 Å². The number of phenols is 1. The van der Waals surface area contributed by atoms with Gasteiger partial charge in [-0.25, -0.2) is 4.98 Å². The Kier molecular flexibility index (Phi) is 3.28. The van der Waals surface area contributed by atoms with Gasteiger partial charge in [-0.15, -0.1) is 21.5 Å². The number of phenolic OH excluding ortho intramolecular Hbond substituents is 1. The molecular formula is C19H18N4O3S. The number of carbonyl (C=O) groups excluding carboxylic acids is 1. The number of fused-ring (bicyclic) bond motifs is 1. The molecule has 0 spiro atoms. The molecule has 27 heavy (non-hydrogen) atoms. The minimum atomic E-state index is -0.314. The molecule has 3 fully saturated rings. The van der Waals surface area contributed by atoms with Gasteiger partial charge in [0.25, 0.3) is 0 Å². The zero-order chi connectivity index (χ0) is 18.8. The zero-order valence-corrected chi connectivity index (χ0v) is 15.8. The van der Waals surface area contributed by atoms with E-state index in [0.717, 1.165) is 29.3 Å². The van der Waals surface area contributed by atoms with Gasteiger partial charge >= 0.3 is 5.97 Å². The lowest BCUT2D eigenvalue weighted by molar-refractivity contribution is -0.190. The molecule has 0 atom stereocenters. The van der Waals surface area contributed by atoms with Crippen LogP contribution in [0.5, 0.6) is 5.75 Å². The van der Waals surface area contributed by atoms with E-state index in [2.05, 4.69) is 20.5 Å². The Morgan fingerprint density at radius 3 is 2.74 bits per heavy atom. The van der Waals surface area contributed by atoms with Crippen molar-refractivity contribution in [2.45, 2.75) is 31.7 Å². The number of aromatic nitrogens is 3. The third-order valence-electron chi connectivity index (χ3n) is 5.75. The first-order chi connectivity index (χ1) is 13.0. The molecule has 0 aliphatic heterocycles. The minimum Gasteiger partial charge on any atom is -0.507 e. The van der Waals surface area contributed by atoms with E-state index < -0.39 is 0 Å². The van der Waals surface area contributed by atoms with E-state index in [1.165, 1.54) is 7.11 Å². The Labute approximate surface area is 159 Å². The van der Waals surface area contributed by atoms with Crippen LogP contribution in [0.25, 0.3) is 21.3 Å². The average molecular weight is 382 g/mol. The maximum absolute atomic E-state index is 11.8. The lowest BCUT2D eigenvalue weighted by Gasteiger charge is -2.68. The number of aryl methyl sites for hydroxylation is 1. The van der Waals surface area contributed by atoms with Gasteiger partial charge < -0.3 is 15.2 Å². The highest BCUT2D eigenvalue weighted by Gasteiger charge is 2.72. The van der Waals surface area contributed by atoms with Gasteiger partial charge in [0.2, 0.25) is 5.95 Å². The highest BCUT2D eigenvalue weighted by Crippen LogP contribution is 2.68. The van der Waals surface area contributed by atoms with Gasteiger partial charge in [-0.2, -0.15) is 0 Å². The summed E-state index contributed by atoms with van der Waals surface area (Å²) in [7, 11) is 1.43. The molecule has 6 rings (SSSR count). The highest BCUT2D eigenvalue weighted by atomic mass is 32.1. The molecule has 2 aromatic heterocycles. The Balaban J connectivity index is 1.39. The molecule has 0 radical (unpaired) electrons. The monoisotopic (exact) mass is 382 g/mol. The molecule has 0 saturated heterocycles. The molecule has 1 aromatic carbocycles. The second-order valence-corrected chi connectivity index (χ2v) is 8.52. The van der Waals surface area contributed by atoms with Crippen LogP contribution in [-0.2, 0) is 9.53 Å². The fraction of sp³-hybridized carbons (Fsp3) is 0.368. The van der Waals surface area contributed by atoms with Gasteiger partial charge in [0.05, 0.1) is 18.2 Å². The molecule has 8 heteroatoms. The molecule has 2 N–H and O–H groups in total.